The summed E-state index contributed by atoms with van der Waals surface area (Å²) in [5, 5.41) is 37.1. The Bertz CT molecular complexity index is 2190. The van der Waals surface area contributed by atoms with Gasteiger partial charge in [-0.1, -0.05) is 18.7 Å². The number of aromatic hydroxyl groups is 2. The van der Waals surface area contributed by atoms with E-state index in [4.69, 9.17) is 28.4 Å². The van der Waals surface area contributed by atoms with Crippen LogP contribution < -0.4 is 29.0 Å². The Morgan fingerprint density at radius 3 is 2.64 bits per heavy atom. The molecule has 3 aromatic carbocycles. The zero-order valence-electron chi connectivity index (χ0n) is 31.4. The van der Waals surface area contributed by atoms with Crippen molar-refractivity contribution in [1.82, 2.24) is 15.1 Å². The minimum absolute atomic E-state index is 0.00199. The molecule has 1 unspecified atom stereocenters. The van der Waals surface area contributed by atoms with Gasteiger partial charge in [0.15, 0.2) is 40.0 Å². The van der Waals surface area contributed by atoms with E-state index in [0.29, 0.717) is 47.9 Å². The Kier molecular flexibility index (Phi) is 8.58. The van der Waals surface area contributed by atoms with Gasteiger partial charge in [-0.25, -0.2) is 4.79 Å². The van der Waals surface area contributed by atoms with Gasteiger partial charge < -0.3 is 38.6 Å². The number of hydrogen-bond acceptors (Lipinski definition) is 14. The highest BCUT2D eigenvalue weighted by Gasteiger charge is 2.61. The molecule has 0 saturated carbocycles. The molecule has 14 heteroatoms. The summed E-state index contributed by atoms with van der Waals surface area (Å²) in [6.07, 6.45) is 2.82. The van der Waals surface area contributed by atoms with Crippen molar-refractivity contribution in [2.45, 2.75) is 67.7 Å². The number of carbonyl (C=O) groups excluding carboxylic acids is 1. The molecule has 7 heterocycles. The van der Waals surface area contributed by atoms with Gasteiger partial charge in [0.1, 0.15) is 25.0 Å². The van der Waals surface area contributed by atoms with Crippen LogP contribution in [-0.4, -0.2) is 97.7 Å². The molecule has 0 radical (unpaired) electrons. The van der Waals surface area contributed by atoms with Gasteiger partial charge in [-0.3, -0.25) is 15.1 Å². The summed E-state index contributed by atoms with van der Waals surface area (Å²) in [4.78, 5) is 19.2. The largest absolute Gasteiger partial charge is 0.504 e. The maximum Gasteiger partial charge on any atom is 0.331 e. The average molecular weight is 769 g/mol. The third kappa shape index (κ3) is 4.92. The molecule has 288 valence electrons. The highest BCUT2D eigenvalue weighted by molar-refractivity contribution is 7.99. The molecule has 2 fully saturated rings. The maximum atomic E-state index is 14.8. The highest BCUT2D eigenvalue weighted by atomic mass is 32.2. The third-order valence-electron chi connectivity index (χ3n) is 12.5. The standard InChI is InChI=1S/C41H44N4O9S/c1-7-10-51-36-20(3)37-38(54-18-53-37)30-26-16-52-40(48)41(23-14-28(49-5)27(46)13-21(23)8-9-43-41)17-55-39(31(30)36)33-32-29-22(11-19(2)35(50-6)34(29)47)12-24(44(32)4)25(15-42)45(26)33/h7,11,13-14,24-26,32-33,39,43,46-47H,1,8-10,12,16-18H2,2-6H3/t24-,25+,26+,32-,33?,39-,41-/m1/s1. The molecule has 7 aliphatic heterocycles. The van der Waals surface area contributed by atoms with Crippen molar-refractivity contribution in [1.29, 1.82) is 5.26 Å². The van der Waals surface area contributed by atoms with Crippen molar-refractivity contribution in [3.05, 3.63) is 75.4 Å². The summed E-state index contributed by atoms with van der Waals surface area (Å²) in [6.45, 7) is 8.42. The predicted molar refractivity (Wildman–Crippen MR) is 202 cm³/mol. The van der Waals surface area contributed by atoms with E-state index in [1.54, 1.807) is 37.1 Å². The van der Waals surface area contributed by atoms with E-state index in [-0.39, 0.29) is 49.0 Å². The van der Waals surface area contributed by atoms with Gasteiger partial charge in [0.25, 0.3) is 0 Å². The molecule has 2 saturated heterocycles. The summed E-state index contributed by atoms with van der Waals surface area (Å²) in [7, 11) is 5.08. The van der Waals surface area contributed by atoms with Crippen LogP contribution >= 0.6 is 11.8 Å². The van der Waals surface area contributed by atoms with Crippen molar-refractivity contribution in [2.24, 2.45) is 0 Å². The van der Waals surface area contributed by atoms with Crippen LogP contribution in [0.15, 0.2) is 30.9 Å². The molecule has 3 aromatic rings. The SMILES string of the molecule is C=CCOc1c(C)c2c(c3c1[C@H]1SC[C@]4(NCCc5cc(O)c(OC)cc54)C(=O)OC[C@@H]3N3C1[C@H]1c4c(cc(C)c(OC)c4O)C[C@H]([C@@H]3C#N)N1C)OCO2. The molecule has 0 amide bonds. The number of piperazine rings is 1. The molecular formula is C41H44N4O9S. The van der Waals surface area contributed by atoms with Crippen molar-refractivity contribution >= 4 is 17.7 Å². The number of nitrogens with zero attached hydrogens (tertiary/aromatic N) is 3. The van der Waals surface area contributed by atoms with E-state index < -0.39 is 40.9 Å². The molecule has 0 aliphatic carbocycles. The van der Waals surface area contributed by atoms with Crippen molar-refractivity contribution in [3.63, 3.8) is 0 Å². The van der Waals surface area contributed by atoms with E-state index in [0.717, 1.165) is 38.9 Å². The number of phenolic OH excluding ortho intramolecular Hbond substituents is 2. The van der Waals surface area contributed by atoms with Crippen LogP contribution in [0.2, 0.25) is 0 Å². The fraction of sp³-hybridized carbons (Fsp3) is 0.463. The van der Waals surface area contributed by atoms with Crippen molar-refractivity contribution in [2.75, 3.05) is 53.6 Å². The monoisotopic (exact) mass is 768 g/mol. The number of esters is 1. The van der Waals surface area contributed by atoms with E-state index >= 15 is 0 Å². The Hall–Kier alpha value is -4.81. The number of carbonyl (C=O) groups is 1. The molecule has 7 atom stereocenters. The quantitative estimate of drug-likeness (QED) is 0.244. The second kappa shape index (κ2) is 13.2. The normalized spacial score (nSPS) is 28.9. The van der Waals surface area contributed by atoms with Gasteiger partial charge in [-0.2, -0.15) is 5.26 Å². The Morgan fingerprint density at radius 2 is 1.89 bits per heavy atom. The smallest absolute Gasteiger partial charge is 0.331 e. The molecule has 7 aliphatic rings. The van der Waals surface area contributed by atoms with Crippen molar-refractivity contribution in [3.8, 4) is 46.3 Å². The molecule has 1 spiro atoms. The summed E-state index contributed by atoms with van der Waals surface area (Å²) in [5.41, 5.74) is 5.18. The summed E-state index contributed by atoms with van der Waals surface area (Å²) >= 11 is 1.57. The Morgan fingerprint density at radius 1 is 1.09 bits per heavy atom. The molecule has 4 bridgehead atoms. The molecule has 0 aromatic heterocycles. The Labute approximate surface area is 323 Å². The second-order valence-corrected chi connectivity index (χ2v) is 16.2. The lowest BCUT2D eigenvalue weighted by Crippen LogP contribution is -2.69. The topological polar surface area (TPSA) is 155 Å². The first kappa shape index (κ1) is 35.9. The fourth-order valence-corrected chi connectivity index (χ4v) is 11.9. The first-order chi connectivity index (χ1) is 26.6. The van der Waals surface area contributed by atoms with Crippen LogP contribution in [0.4, 0.5) is 0 Å². The minimum Gasteiger partial charge on any atom is -0.504 e. The number of aryl methyl sites for hydroxylation is 1. The lowest BCUT2D eigenvalue weighted by molar-refractivity contribution is -0.157. The number of fused-ring (bicyclic) bond motifs is 9. The zero-order valence-corrected chi connectivity index (χ0v) is 32.2. The predicted octanol–water partition coefficient (Wildman–Crippen LogP) is 4.63. The summed E-state index contributed by atoms with van der Waals surface area (Å²) in [6, 6.07) is 5.78. The summed E-state index contributed by atoms with van der Waals surface area (Å²) in [5.74, 6) is 2.26. The van der Waals surface area contributed by atoms with Crippen LogP contribution in [0, 0.1) is 25.2 Å². The summed E-state index contributed by atoms with van der Waals surface area (Å²) < 4.78 is 36.8. The van der Waals surface area contributed by atoms with E-state index in [9.17, 15) is 20.3 Å². The number of likely N-dealkylation sites (N-methyl/N-ethyl adjacent to an activating group) is 1. The molecule has 10 rings (SSSR count). The number of phenols is 2. The first-order valence-corrected chi connectivity index (χ1v) is 19.6. The van der Waals surface area contributed by atoms with Gasteiger partial charge in [0.2, 0.25) is 6.79 Å². The van der Waals surface area contributed by atoms with Crippen LogP contribution in [-0.2, 0) is 27.9 Å². The zero-order chi connectivity index (χ0) is 38.5. The number of ether oxygens (including phenoxy) is 6. The van der Waals surface area contributed by atoms with Crippen molar-refractivity contribution < 1.29 is 43.4 Å². The molecular weight excluding hydrogens is 725 g/mol. The number of methoxy groups -OCH3 is 2. The fourth-order valence-electron chi connectivity index (χ4n) is 10.2. The van der Waals surface area contributed by atoms with Crippen LogP contribution in [0.5, 0.6) is 40.2 Å². The number of rotatable bonds is 5. The number of nitrogens with one attached hydrogen (secondary N) is 1. The lowest BCUT2D eigenvalue weighted by Gasteiger charge is -2.62. The number of thioether (sulfide) groups is 1. The Balaban J connectivity index is 1.33. The van der Waals surface area contributed by atoms with Gasteiger partial charge in [-0.05, 0) is 68.1 Å². The van der Waals surface area contributed by atoms with Gasteiger partial charge in [-0.15, -0.1) is 11.8 Å². The molecule has 55 heavy (non-hydrogen) atoms. The maximum absolute atomic E-state index is 14.8. The van der Waals surface area contributed by atoms with Crippen LogP contribution in [0.1, 0.15) is 61.8 Å². The lowest BCUT2D eigenvalue weighted by atomic mass is 9.71. The van der Waals surface area contributed by atoms with Crippen LogP contribution in [0.3, 0.4) is 0 Å². The van der Waals surface area contributed by atoms with E-state index in [2.05, 4.69) is 33.8 Å². The average Bonchev–Trinajstić information content (AvgIpc) is 3.67. The van der Waals surface area contributed by atoms with Gasteiger partial charge >= 0.3 is 5.97 Å². The van der Waals surface area contributed by atoms with Crippen LogP contribution in [0.25, 0.3) is 0 Å². The third-order valence-corrected chi connectivity index (χ3v) is 14.0. The first-order valence-electron chi connectivity index (χ1n) is 18.5. The minimum atomic E-state index is -1.31. The van der Waals surface area contributed by atoms with E-state index in [1.165, 1.54) is 7.11 Å². The number of benzene rings is 3. The molecule has 3 N–H and O–H groups in total. The van der Waals surface area contributed by atoms with E-state index in [1.807, 2.05) is 20.9 Å². The second-order valence-electron chi connectivity index (χ2n) is 15.1. The van der Waals surface area contributed by atoms with Gasteiger partial charge in [0.05, 0.1) is 37.6 Å². The number of hydrogen-bond donors (Lipinski definition) is 3. The van der Waals surface area contributed by atoms with Gasteiger partial charge in [0, 0.05) is 46.6 Å². The number of nitriles is 1. The highest BCUT2D eigenvalue weighted by Crippen LogP contribution is 2.64. The molecule has 13 nitrogen and oxygen atoms in total.